The molecular weight excluding hydrogens is 534 g/mol. The molecule has 3 aliphatic heterocycles. The molecule has 0 unspecified atom stereocenters. The van der Waals surface area contributed by atoms with Crippen molar-refractivity contribution in [1.82, 2.24) is 14.9 Å². The molecule has 0 radical (unpaired) electrons. The minimum Gasteiger partial charge on any atom is -0.379 e. The van der Waals surface area contributed by atoms with Crippen LogP contribution in [-0.4, -0.2) is 63.8 Å². The number of H-pyrrole nitrogens is 1. The van der Waals surface area contributed by atoms with Crippen molar-refractivity contribution in [3.8, 4) is 0 Å². The van der Waals surface area contributed by atoms with Crippen molar-refractivity contribution >= 4 is 57.1 Å². The maximum absolute atomic E-state index is 13.0. The number of aromatic nitrogens is 1. The largest absolute Gasteiger partial charge is 0.379 e. The van der Waals surface area contributed by atoms with Gasteiger partial charge in [-0.3, -0.25) is 14.5 Å². The first-order valence-corrected chi connectivity index (χ1v) is 14.2. The van der Waals surface area contributed by atoms with Crippen LogP contribution in [0.4, 0.5) is 10.5 Å². The average molecular weight is 562 g/mol. The molecule has 3 aromatic rings. The third kappa shape index (κ3) is 5.53. The van der Waals surface area contributed by atoms with Crippen molar-refractivity contribution in [3.05, 3.63) is 87.7 Å². The number of hydrazone groups is 1. The van der Waals surface area contributed by atoms with Gasteiger partial charge < -0.3 is 15.0 Å². The van der Waals surface area contributed by atoms with Gasteiger partial charge in [-0.25, -0.2) is 5.01 Å². The summed E-state index contributed by atoms with van der Waals surface area (Å²) in [6.45, 7) is 6.47. The van der Waals surface area contributed by atoms with Crippen LogP contribution in [0.2, 0.25) is 5.02 Å². The number of hydrogen-bond acceptors (Lipinski definition) is 6. The number of rotatable bonds is 6. The average Bonchev–Trinajstić information content (AvgIpc) is 3.54. The molecular formula is C29H28ClN5O3S. The van der Waals surface area contributed by atoms with Crippen LogP contribution in [0.5, 0.6) is 0 Å². The molecule has 4 heterocycles. The van der Waals surface area contributed by atoms with E-state index in [0.29, 0.717) is 22.9 Å². The van der Waals surface area contributed by atoms with Crippen LogP contribution >= 0.6 is 23.4 Å². The normalized spacial score (nSPS) is 19.1. The molecule has 6 rings (SSSR count). The molecule has 10 heteroatoms. The predicted molar refractivity (Wildman–Crippen MR) is 156 cm³/mol. The van der Waals surface area contributed by atoms with Crippen LogP contribution in [0.15, 0.2) is 59.8 Å². The standard InChI is InChI=1S/C29H28ClN5O3S/c1-18(25-13-20(14-31-25)15-34-8-10-38-11-9-34)27-23-12-19(2-7-24(23)32-28(27)36)16-35-29(37)39-17-26(33-35)21-3-5-22(30)6-4-21/h2-7,12-14,31H,8-11,15-17H2,1H3,(H,32,36)/b27-18+. The van der Waals surface area contributed by atoms with E-state index in [-0.39, 0.29) is 11.1 Å². The number of allylic oxidation sites excluding steroid dienone is 1. The Hall–Kier alpha value is -3.37. The molecule has 0 spiro atoms. The molecule has 0 atom stereocenters. The molecule has 1 fully saturated rings. The molecule has 0 saturated carbocycles. The van der Waals surface area contributed by atoms with E-state index in [0.717, 1.165) is 72.2 Å². The summed E-state index contributed by atoms with van der Waals surface area (Å²) >= 11 is 7.26. The number of carbonyl (C=O) groups is 2. The topological polar surface area (TPSA) is 90.0 Å². The first kappa shape index (κ1) is 25.9. The highest BCUT2D eigenvalue weighted by Crippen LogP contribution is 2.38. The van der Waals surface area contributed by atoms with E-state index < -0.39 is 0 Å². The Balaban J connectivity index is 1.25. The van der Waals surface area contributed by atoms with Crippen molar-refractivity contribution in [2.75, 3.05) is 37.4 Å². The van der Waals surface area contributed by atoms with Gasteiger partial charge >= 0.3 is 5.24 Å². The van der Waals surface area contributed by atoms with Gasteiger partial charge in [-0.15, -0.1) is 0 Å². The lowest BCUT2D eigenvalue weighted by Crippen LogP contribution is -2.35. The van der Waals surface area contributed by atoms with Gasteiger partial charge in [0.2, 0.25) is 0 Å². The van der Waals surface area contributed by atoms with Crippen LogP contribution in [0.3, 0.4) is 0 Å². The minimum atomic E-state index is -0.128. The number of halogens is 1. The minimum absolute atomic E-state index is 0.103. The number of thioether (sulfide) groups is 1. The number of nitrogens with zero attached hydrogens (tertiary/aromatic N) is 3. The van der Waals surface area contributed by atoms with E-state index in [4.69, 9.17) is 16.3 Å². The van der Waals surface area contributed by atoms with E-state index in [2.05, 4.69) is 26.4 Å². The highest BCUT2D eigenvalue weighted by Gasteiger charge is 2.29. The summed E-state index contributed by atoms with van der Waals surface area (Å²) in [6, 6.07) is 15.4. The van der Waals surface area contributed by atoms with Crippen LogP contribution in [-0.2, 0) is 22.6 Å². The second-order valence-electron chi connectivity index (χ2n) is 9.81. The Morgan fingerprint density at radius 1 is 1.05 bits per heavy atom. The number of fused-ring (bicyclic) bond motifs is 1. The Kier molecular flexibility index (Phi) is 7.31. The van der Waals surface area contributed by atoms with Crippen molar-refractivity contribution in [2.45, 2.75) is 20.0 Å². The zero-order valence-corrected chi connectivity index (χ0v) is 23.1. The summed E-state index contributed by atoms with van der Waals surface area (Å²) in [4.78, 5) is 31.5. The van der Waals surface area contributed by atoms with Crippen LogP contribution < -0.4 is 5.32 Å². The van der Waals surface area contributed by atoms with E-state index in [1.54, 1.807) is 0 Å². The maximum Gasteiger partial charge on any atom is 0.302 e. The first-order valence-electron chi connectivity index (χ1n) is 12.9. The van der Waals surface area contributed by atoms with E-state index in [1.165, 1.54) is 22.3 Å². The van der Waals surface area contributed by atoms with Gasteiger partial charge in [-0.2, -0.15) is 5.10 Å². The summed E-state index contributed by atoms with van der Waals surface area (Å²) in [5.41, 5.74) is 7.86. The number of aromatic amines is 1. The highest BCUT2D eigenvalue weighted by atomic mass is 35.5. The van der Waals surface area contributed by atoms with E-state index >= 15 is 0 Å². The van der Waals surface area contributed by atoms with Crippen LogP contribution in [0.25, 0.3) is 11.1 Å². The number of nitrogens with one attached hydrogen (secondary N) is 2. The molecule has 1 saturated heterocycles. The van der Waals surface area contributed by atoms with Gasteiger partial charge in [0.05, 0.1) is 31.0 Å². The number of benzene rings is 2. The van der Waals surface area contributed by atoms with E-state index in [1.807, 2.05) is 55.6 Å². The first-order chi connectivity index (χ1) is 18.9. The molecule has 0 bridgehead atoms. The Morgan fingerprint density at radius 2 is 1.85 bits per heavy atom. The number of amides is 2. The Morgan fingerprint density at radius 3 is 2.64 bits per heavy atom. The van der Waals surface area contributed by atoms with Gasteiger partial charge in [0.25, 0.3) is 5.91 Å². The number of hydrogen-bond donors (Lipinski definition) is 2. The lowest BCUT2D eigenvalue weighted by atomic mass is 9.98. The number of ether oxygens (including phenoxy) is 1. The van der Waals surface area contributed by atoms with Gasteiger partial charge in [0, 0.05) is 53.6 Å². The zero-order chi connectivity index (χ0) is 26.9. The summed E-state index contributed by atoms with van der Waals surface area (Å²) in [7, 11) is 0. The van der Waals surface area contributed by atoms with E-state index in [9.17, 15) is 9.59 Å². The summed E-state index contributed by atoms with van der Waals surface area (Å²) in [5.74, 6) is 0.381. The smallest absolute Gasteiger partial charge is 0.302 e. The maximum atomic E-state index is 13.0. The fraction of sp³-hybridized carbons (Fsp3) is 0.276. The molecule has 2 N–H and O–H groups in total. The lowest BCUT2D eigenvalue weighted by molar-refractivity contribution is -0.110. The molecule has 0 aliphatic carbocycles. The number of anilines is 1. The molecule has 39 heavy (non-hydrogen) atoms. The lowest BCUT2D eigenvalue weighted by Gasteiger charge is -2.25. The molecule has 8 nitrogen and oxygen atoms in total. The van der Waals surface area contributed by atoms with Gasteiger partial charge in [0.1, 0.15) is 0 Å². The number of morpholine rings is 1. The molecule has 200 valence electrons. The third-order valence-electron chi connectivity index (χ3n) is 7.15. The molecule has 2 amide bonds. The monoisotopic (exact) mass is 561 g/mol. The van der Waals surface area contributed by atoms with Gasteiger partial charge in [-0.1, -0.05) is 41.6 Å². The molecule has 2 aromatic carbocycles. The fourth-order valence-corrected chi connectivity index (χ4v) is 5.93. The quantitative estimate of drug-likeness (QED) is 0.390. The van der Waals surface area contributed by atoms with Crippen molar-refractivity contribution in [1.29, 1.82) is 0 Å². The zero-order valence-electron chi connectivity index (χ0n) is 21.5. The number of carbonyl (C=O) groups excluding carboxylic acids is 2. The Labute approximate surface area is 236 Å². The molecule has 1 aromatic heterocycles. The second kappa shape index (κ2) is 11.0. The third-order valence-corrected chi connectivity index (χ3v) is 8.28. The second-order valence-corrected chi connectivity index (χ2v) is 11.2. The predicted octanol–water partition coefficient (Wildman–Crippen LogP) is 5.46. The SMILES string of the molecule is C/C(=C1\C(=O)Nc2ccc(CN3N=C(c4ccc(Cl)cc4)CSC3=O)cc21)c1cc(CN2CCOCC2)c[nH]1. The highest BCUT2D eigenvalue weighted by molar-refractivity contribution is 8.14. The summed E-state index contributed by atoms with van der Waals surface area (Å²) in [6.07, 6.45) is 2.01. The fourth-order valence-electron chi connectivity index (χ4n) is 5.06. The summed E-state index contributed by atoms with van der Waals surface area (Å²) < 4.78 is 5.45. The van der Waals surface area contributed by atoms with Crippen LogP contribution in [0, 0.1) is 0 Å². The van der Waals surface area contributed by atoms with Gasteiger partial charge in [-0.05, 0) is 59.5 Å². The Bertz CT molecular complexity index is 1490. The van der Waals surface area contributed by atoms with Gasteiger partial charge in [0.15, 0.2) is 0 Å². The summed E-state index contributed by atoms with van der Waals surface area (Å²) in [5, 5.41) is 9.67. The molecule has 3 aliphatic rings. The van der Waals surface area contributed by atoms with Crippen LogP contribution in [0.1, 0.15) is 34.9 Å². The van der Waals surface area contributed by atoms with Crippen molar-refractivity contribution in [3.63, 3.8) is 0 Å². The van der Waals surface area contributed by atoms with Crippen molar-refractivity contribution < 1.29 is 14.3 Å². The van der Waals surface area contributed by atoms with Crippen molar-refractivity contribution in [2.24, 2.45) is 5.10 Å².